The Morgan fingerprint density at radius 2 is 2.21 bits per heavy atom. The lowest BCUT2D eigenvalue weighted by atomic mass is 10.2. The predicted molar refractivity (Wildman–Crippen MR) is 78.6 cm³/mol. The molecule has 0 N–H and O–H groups in total. The fraction of sp³-hybridized carbons (Fsp3) is 0.333. The maximum atomic E-state index is 13.8. The van der Waals surface area contributed by atoms with Crippen LogP contribution in [0.15, 0.2) is 35.4 Å². The zero-order chi connectivity index (χ0) is 16.5. The molecule has 1 saturated heterocycles. The molecule has 1 unspecified atom stereocenters. The Morgan fingerprint density at radius 3 is 3.00 bits per heavy atom. The van der Waals surface area contributed by atoms with E-state index in [1.165, 1.54) is 12.4 Å². The van der Waals surface area contributed by atoms with Crippen molar-refractivity contribution in [2.75, 3.05) is 13.1 Å². The number of hydrogen-bond donors (Lipinski definition) is 0. The van der Waals surface area contributed by atoms with Gasteiger partial charge in [-0.3, -0.25) is 4.90 Å². The second kappa shape index (κ2) is 6.08. The molecule has 2 aromatic heterocycles. The first kappa shape index (κ1) is 14.9. The van der Waals surface area contributed by atoms with Gasteiger partial charge in [0.1, 0.15) is 24.3 Å². The smallest absolute Gasteiger partial charge is 0.260 e. The van der Waals surface area contributed by atoms with E-state index in [2.05, 4.69) is 25.1 Å². The van der Waals surface area contributed by atoms with Crippen molar-refractivity contribution in [3.8, 4) is 11.5 Å². The summed E-state index contributed by atoms with van der Waals surface area (Å²) in [6.07, 6.45) is 4.18. The van der Waals surface area contributed by atoms with Crippen LogP contribution >= 0.6 is 0 Å². The molecule has 1 aliphatic heterocycles. The van der Waals surface area contributed by atoms with Crippen LogP contribution in [0.5, 0.6) is 0 Å². The molecule has 1 atom stereocenters. The van der Waals surface area contributed by atoms with E-state index >= 15 is 0 Å². The molecule has 0 bridgehead atoms. The van der Waals surface area contributed by atoms with Crippen LogP contribution in [0, 0.1) is 11.6 Å². The van der Waals surface area contributed by atoms with E-state index in [1.807, 2.05) is 4.68 Å². The van der Waals surface area contributed by atoms with Gasteiger partial charge in [0.05, 0.1) is 18.2 Å². The van der Waals surface area contributed by atoms with E-state index in [9.17, 15) is 8.78 Å². The standard InChI is InChI=1S/C15H14F2N6O/c16-10-1-2-12(13(17)5-10)15-20-14(21-24-15)7-22-4-3-11(6-22)23-9-18-8-19-23/h1-2,5,8-9,11H,3-4,6-7H2. The number of aromatic nitrogens is 5. The topological polar surface area (TPSA) is 72.9 Å². The minimum Gasteiger partial charge on any atom is -0.334 e. The van der Waals surface area contributed by atoms with E-state index in [0.717, 1.165) is 31.6 Å². The van der Waals surface area contributed by atoms with E-state index in [4.69, 9.17) is 4.52 Å². The summed E-state index contributed by atoms with van der Waals surface area (Å²) in [4.78, 5) is 10.3. The van der Waals surface area contributed by atoms with Crippen molar-refractivity contribution in [1.82, 2.24) is 29.8 Å². The van der Waals surface area contributed by atoms with Crippen LogP contribution in [0.25, 0.3) is 11.5 Å². The summed E-state index contributed by atoms with van der Waals surface area (Å²) < 4.78 is 33.7. The summed E-state index contributed by atoms with van der Waals surface area (Å²) in [5.41, 5.74) is 0.0945. The lowest BCUT2D eigenvalue weighted by Crippen LogP contribution is -2.22. The zero-order valence-electron chi connectivity index (χ0n) is 12.6. The molecule has 4 rings (SSSR count). The summed E-state index contributed by atoms with van der Waals surface area (Å²) in [6.45, 7) is 2.18. The van der Waals surface area contributed by atoms with E-state index < -0.39 is 11.6 Å². The van der Waals surface area contributed by atoms with Crippen LogP contribution in [0.4, 0.5) is 8.78 Å². The monoisotopic (exact) mass is 332 g/mol. The van der Waals surface area contributed by atoms with Crippen LogP contribution in [0.1, 0.15) is 18.3 Å². The van der Waals surface area contributed by atoms with Crippen molar-refractivity contribution < 1.29 is 13.3 Å². The van der Waals surface area contributed by atoms with Gasteiger partial charge < -0.3 is 4.52 Å². The van der Waals surface area contributed by atoms with Gasteiger partial charge in [0, 0.05) is 19.2 Å². The number of hydrogen-bond acceptors (Lipinski definition) is 6. The molecule has 24 heavy (non-hydrogen) atoms. The molecule has 1 aromatic carbocycles. The fourth-order valence-electron chi connectivity index (χ4n) is 2.87. The molecule has 3 aromatic rings. The van der Waals surface area contributed by atoms with Crippen molar-refractivity contribution in [2.45, 2.75) is 19.0 Å². The Balaban J connectivity index is 1.44. The van der Waals surface area contributed by atoms with Gasteiger partial charge in [0.25, 0.3) is 5.89 Å². The summed E-state index contributed by atoms with van der Waals surface area (Å²) in [7, 11) is 0. The number of halogens is 2. The van der Waals surface area contributed by atoms with Crippen molar-refractivity contribution in [3.05, 3.63) is 48.3 Å². The van der Waals surface area contributed by atoms with Gasteiger partial charge in [-0.2, -0.15) is 10.1 Å². The van der Waals surface area contributed by atoms with Crippen LogP contribution in [-0.2, 0) is 6.54 Å². The third kappa shape index (κ3) is 2.90. The Labute approximate surface area is 135 Å². The first-order chi connectivity index (χ1) is 11.7. The highest BCUT2D eigenvalue weighted by molar-refractivity contribution is 5.53. The SMILES string of the molecule is Fc1ccc(-c2nc(CN3CCC(n4cncn4)C3)no2)c(F)c1. The molecule has 7 nitrogen and oxygen atoms in total. The molecule has 3 heterocycles. The van der Waals surface area contributed by atoms with Crippen LogP contribution in [0.3, 0.4) is 0 Å². The molecule has 124 valence electrons. The molecule has 0 radical (unpaired) electrons. The Morgan fingerprint density at radius 1 is 1.29 bits per heavy atom. The van der Waals surface area contributed by atoms with Crippen LogP contribution < -0.4 is 0 Å². The minimum atomic E-state index is -0.724. The second-order valence-electron chi connectivity index (χ2n) is 5.69. The van der Waals surface area contributed by atoms with Crippen molar-refractivity contribution in [3.63, 3.8) is 0 Å². The number of benzene rings is 1. The zero-order valence-corrected chi connectivity index (χ0v) is 12.6. The van der Waals surface area contributed by atoms with E-state index in [-0.39, 0.29) is 17.5 Å². The van der Waals surface area contributed by atoms with Gasteiger partial charge in [-0.15, -0.1) is 0 Å². The largest absolute Gasteiger partial charge is 0.334 e. The Bertz CT molecular complexity index is 834. The molecule has 0 amide bonds. The van der Waals surface area contributed by atoms with Gasteiger partial charge in [-0.1, -0.05) is 5.16 Å². The molecule has 1 fully saturated rings. The van der Waals surface area contributed by atoms with Gasteiger partial charge in [0.15, 0.2) is 5.82 Å². The predicted octanol–water partition coefficient (Wildman–Crippen LogP) is 2.05. The molecular weight excluding hydrogens is 318 g/mol. The number of likely N-dealkylation sites (tertiary alicyclic amines) is 1. The molecular formula is C15H14F2N6O. The van der Waals surface area contributed by atoms with Crippen molar-refractivity contribution in [2.24, 2.45) is 0 Å². The highest BCUT2D eigenvalue weighted by Crippen LogP contribution is 2.24. The maximum absolute atomic E-state index is 13.8. The third-order valence-corrected chi connectivity index (χ3v) is 4.05. The lowest BCUT2D eigenvalue weighted by molar-refractivity contribution is 0.296. The second-order valence-corrected chi connectivity index (χ2v) is 5.69. The Hall–Kier alpha value is -2.68. The van der Waals surface area contributed by atoms with Gasteiger partial charge in [-0.25, -0.2) is 18.4 Å². The normalized spacial score (nSPS) is 18.3. The first-order valence-corrected chi connectivity index (χ1v) is 7.53. The van der Waals surface area contributed by atoms with Gasteiger partial charge in [-0.05, 0) is 18.6 Å². The molecule has 1 aliphatic rings. The highest BCUT2D eigenvalue weighted by Gasteiger charge is 2.25. The fourth-order valence-corrected chi connectivity index (χ4v) is 2.87. The van der Waals surface area contributed by atoms with E-state index in [1.54, 1.807) is 6.33 Å². The third-order valence-electron chi connectivity index (χ3n) is 4.05. The number of nitrogens with zero attached hydrogens (tertiary/aromatic N) is 6. The van der Waals surface area contributed by atoms with Gasteiger partial charge >= 0.3 is 0 Å². The van der Waals surface area contributed by atoms with Crippen molar-refractivity contribution >= 4 is 0 Å². The molecule has 0 aliphatic carbocycles. The van der Waals surface area contributed by atoms with Crippen molar-refractivity contribution in [1.29, 1.82) is 0 Å². The molecule has 0 saturated carbocycles. The first-order valence-electron chi connectivity index (χ1n) is 7.53. The molecule has 9 heteroatoms. The summed E-state index contributed by atoms with van der Waals surface area (Å²) in [6, 6.07) is 3.51. The maximum Gasteiger partial charge on any atom is 0.260 e. The summed E-state index contributed by atoms with van der Waals surface area (Å²) >= 11 is 0. The van der Waals surface area contributed by atoms with Crippen LogP contribution in [-0.4, -0.2) is 42.9 Å². The minimum absolute atomic E-state index is 0.0505. The Kier molecular flexibility index (Phi) is 3.77. The number of rotatable bonds is 4. The van der Waals surface area contributed by atoms with Gasteiger partial charge in [0.2, 0.25) is 0 Å². The quantitative estimate of drug-likeness (QED) is 0.728. The summed E-state index contributed by atoms with van der Waals surface area (Å²) in [5.74, 6) is -0.854. The molecule has 0 spiro atoms. The lowest BCUT2D eigenvalue weighted by Gasteiger charge is -2.13. The van der Waals surface area contributed by atoms with E-state index in [0.29, 0.717) is 12.4 Å². The average Bonchev–Trinajstić information content (AvgIpc) is 3.28. The highest BCUT2D eigenvalue weighted by atomic mass is 19.1. The van der Waals surface area contributed by atoms with Crippen LogP contribution in [0.2, 0.25) is 0 Å². The summed E-state index contributed by atoms with van der Waals surface area (Å²) in [5, 5.41) is 8.04. The average molecular weight is 332 g/mol.